The zero-order valence-corrected chi connectivity index (χ0v) is 16.9. The molecule has 154 valence electrons. The number of nitrogens with one attached hydrogen (secondary N) is 2. The van der Waals surface area contributed by atoms with Gasteiger partial charge in [0.15, 0.2) is 0 Å². The number of amides is 2. The van der Waals surface area contributed by atoms with Gasteiger partial charge in [-0.25, -0.2) is 0 Å². The Labute approximate surface area is 172 Å². The predicted octanol–water partition coefficient (Wildman–Crippen LogP) is 3.12. The van der Waals surface area contributed by atoms with Crippen LogP contribution in [-0.2, 0) is 11.3 Å². The number of unbranched alkanes of at least 4 members (excludes halogenated alkanes) is 2. The van der Waals surface area contributed by atoms with Gasteiger partial charge < -0.3 is 20.3 Å². The quantitative estimate of drug-likeness (QED) is 0.640. The van der Waals surface area contributed by atoms with E-state index < -0.39 is 0 Å². The molecule has 0 aliphatic carbocycles. The van der Waals surface area contributed by atoms with Gasteiger partial charge in [-0.15, -0.1) is 0 Å². The highest BCUT2D eigenvalue weighted by atomic mass is 16.5. The van der Waals surface area contributed by atoms with Crippen LogP contribution in [0.3, 0.4) is 0 Å². The maximum Gasteiger partial charge on any atom is 0.251 e. The van der Waals surface area contributed by atoms with E-state index >= 15 is 0 Å². The molecule has 2 amide bonds. The first-order valence-electron chi connectivity index (χ1n) is 10.3. The van der Waals surface area contributed by atoms with Gasteiger partial charge in [0.2, 0.25) is 5.91 Å². The lowest BCUT2D eigenvalue weighted by molar-refractivity contribution is -0.120. The van der Waals surface area contributed by atoms with Crippen molar-refractivity contribution in [3.8, 4) is 5.75 Å². The van der Waals surface area contributed by atoms with E-state index in [0.29, 0.717) is 31.8 Å². The molecular formula is C23H29N3O3. The Kier molecular flexibility index (Phi) is 7.50. The van der Waals surface area contributed by atoms with Crippen molar-refractivity contribution in [1.82, 2.24) is 10.6 Å². The minimum Gasteiger partial charge on any atom is -0.494 e. The first kappa shape index (κ1) is 20.7. The van der Waals surface area contributed by atoms with E-state index in [0.717, 1.165) is 36.4 Å². The second-order valence-electron chi connectivity index (χ2n) is 7.20. The Balaban J connectivity index is 1.46. The van der Waals surface area contributed by atoms with Gasteiger partial charge in [0.25, 0.3) is 5.91 Å². The Morgan fingerprint density at radius 2 is 1.86 bits per heavy atom. The monoisotopic (exact) mass is 395 g/mol. The summed E-state index contributed by atoms with van der Waals surface area (Å²) in [5, 5.41) is 5.77. The van der Waals surface area contributed by atoms with Crippen LogP contribution >= 0.6 is 0 Å². The second-order valence-corrected chi connectivity index (χ2v) is 7.20. The zero-order chi connectivity index (χ0) is 20.5. The fraction of sp³-hybridized carbons (Fsp3) is 0.391. The van der Waals surface area contributed by atoms with Crippen molar-refractivity contribution in [2.75, 3.05) is 31.1 Å². The first-order valence-corrected chi connectivity index (χ1v) is 10.3. The van der Waals surface area contributed by atoms with Crippen molar-refractivity contribution >= 4 is 17.5 Å². The number of ether oxygens (including phenoxy) is 1. The minimum absolute atomic E-state index is 0.0463. The number of carbonyl (C=O) groups is 2. The molecule has 6 nitrogen and oxygen atoms in total. The summed E-state index contributed by atoms with van der Waals surface area (Å²) in [6.07, 6.45) is 3.37. The number of nitrogens with zero attached hydrogens (tertiary/aromatic N) is 1. The predicted molar refractivity (Wildman–Crippen MR) is 114 cm³/mol. The lowest BCUT2D eigenvalue weighted by atomic mass is 10.1. The number of hydrogen-bond acceptors (Lipinski definition) is 4. The van der Waals surface area contributed by atoms with Crippen LogP contribution < -0.4 is 20.3 Å². The molecule has 2 aromatic carbocycles. The molecule has 1 heterocycles. The Morgan fingerprint density at radius 1 is 1.10 bits per heavy atom. The van der Waals surface area contributed by atoms with Crippen LogP contribution in [-0.4, -0.2) is 38.1 Å². The summed E-state index contributed by atoms with van der Waals surface area (Å²) in [4.78, 5) is 25.9. The molecule has 0 atom stereocenters. The number of carbonyl (C=O) groups excluding carboxylic acids is 2. The van der Waals surface area contributed by atoms with Crippen molar-refractivity contribution in [2.45, 2.75) is 32.7 Å². The smallest absolute Gasteiger partial charge is 0.251 e. The van der Waals surface area contributed by atoms with Crippen LogP contribution in [0.15, 0.2) is 48.5 Å². The van der Waals surface area contributed by atoms with Crippen LogP contribution in [0.5, 0.6) is 5.75 Å². The van der Waals surface area contributed by atoms with E-state index in [1.54, 1.807) is 12.1 Å². The van der Waals surface area contributed by atoms with Crippen molar-refractivity contribution in [2.24, 2.45) is 0 Å². The molecular weight excluding hydrogens is 366 g/mol. The van der Waals surface area contributed by atoms with Crippen LogP contribution in [0, 0.1) is 0 Å². The Hall–Kier alpha value is -3.02. The molecule has 0 aromatic heterocycles. The van der Waals surface area contributed by atoms with Gasteiger partial charge in [-0.3, -0.25) is 9.59 Å². The number of hydrogen-bond donors (Lipinski definition) is 2. The van der Waals surface area contributed by atoms with Gasteiger partial charge >= 0.3 is 0 Å². The largest absolute Gasteiger partial charge is 0.494 e. The average molecular weight is 396 g/mol. The molecule has 1 saturated heterocycles. The summed E-state index contributed by atoms with van der Waals surface area (Å²) in [6, 6.07) is 15.2. The Morgan fingerprint density at radius 3 is 2.55 bits per heavy atom. The van der Waals surface area contributed by atoms with Crippen LogP contribution in [0.4, 0.5) is 5.69 Å². The van der Waals surface area contributed by atoms with Gasteiger partial charge in [-0.2, -0.15) is 0 Å². The van der Waals surface area contributed by atoms with E-state index in [1.165, 1.54) is 6.42 Å². The highest BCUT2D eigenvalue weighted by molar-refractivity contribution is 5.94. The summed E-state index contributed by atoms with van der Waals surface area (Å²) in [7, 11) is 0. The third-order valence-corrected chi connectivity index (χ3v) is 4.93. The van der Waals surface area contributed by atoms with E-state index in [-0.39, 0.29) is 11.8 Å². The molecule has 29 heavy (non-hydrogen) atoms. The van der Waals surface area contributed by atoms with Crippen LogP contribution in [0.2, 0.25) is 0 Å². The molecule has 0 bridgehead atoms. The topological polar surface area (TPSA) is 70.7 Å². The lowest BCUT2D eigenvalue weighted by Crippen LogP contribution is -2.47. The van der Waals surface area contributed by atoms with Gasteiger partial charge in [-0.1, -0.05) is 31.9 Å². The van der Waals surface area contributed by atoms with E-state index in [2.05, 4.69) is 17.6 Å². The maximum absolute atomic E-state index is 12.4. The molecule has 6 heteroatoms. The standard InChI is InChI=1S/C23H29N3O3/c1-2-3-4-15-29-21-11-7-19(8-12-21)23(28)25-16-18-5-9-20(10-6-18)26-14-13-24-22(27)17-26/h5-12H,2-4,13-17H2,1H3,(H,24,27)(H,25,28). The summed E-state index contributed by atoms with van der Waals surface area (Å²) in [5.41, 5.74) is 2.64. The van der Waals surface area contributed by atoms with E-state index in [4.69, 9.17) is 4.74 Å². The zero-order valence-electron chi connectivity index (χ0n) is 16.9. The van der Waals surface area contributed by atoms with Gasteiger partial charge in [0.05, 0.1) is 13.2 Å². The lowest BCUT2D eigenvalue weighted by Gasteiger charge is -2.28. The number of rotatable bonds is 9. The minimum atomic E-state index is -0.112. The third kappa shape index (κ3) is 6.24. The highest BCUT2D eigenvalue weighted by Gasteiger charge is 2.16. The molecule has 0 unspecified atom stereocenters. The first-order chi connectivity index (χ1) is 14.2. The van der Waals surface area contributed by atoms with E-state index in [1.807, 2.05) is 41.3 Å². The van der Waals surface area contributed by atoms with Gasteiger partial charge in [0, 0.05) is 30.9 Å². The van der Waals surface area contributed by atoms with Crippen molar-refractivity contribution in [1.29, 1.82) is 0 Å². The molecule has 0 radical (unpaired) electrons. The SMILES string of the molecule is CCCCCOc1ccc(C(=O)NCc2ccc(N3CCNC(=O)C3)cc2)cc1. The van der Waals surface area contributed by atoms with Crippen molar-refractivity contribution in [3.63, 3.8) is 0 Å². The van der Waals surface area contributed by atoms with Gasteiger partial charge in [0.1, 0.15) is 5.75 Å². The normalized spacial score (nSPS) is 13.7. The second kappa shape index (κ2) is 10.5. The fourth-order valence-corrected chi connectivity index (χ4v) is 3.21. The van der Waals surface area contributed by atoms with Crippen molar-refractivity contribution in [3.05, 3.63) is 59.7 Å². The van der Waals surface area contributed by atoms with Crippen LogP contribution in [0.1, 0.15) is 42.1 Å². The van der Waals surface area contributed by atoms with Crippen molar-refractivity contribution < 1.29 is 14.3 Å². The van der Waals surface area contributed by atoms with E-state index in [9.17, 15) is 9.59 Å². The fourth-order valence-electron chi connectivity index (χ4n) is 3.21. The summed E-state index contributed by atoms with van der Waals surface area (Å²) in [5.74, 6) is 0.726. The van der Waals surface area contributed by atoms with Crippen LogP contribution in [0.25, 0.3) is 0 Å². The molecule has 3 rings (SSSR count). The summed E-state index contributed by atoms with van der Waals surface area (Å²) in [6.45, 7) is 5.18. The molecule has 1 fully saturated rings. The number of benzene rings is 2. The number of anilines is 1. The molecule has 0 saturated carbocycles. The molecule has 1 aliphatic rings. The highest BCUT2D eigenvalue weighted by Crippen LogP contribution is 2.16. The maximum atomic E-state index is 12.4. The third-order valence-electron chi connectivity index (χ3n) is 4.93. The molecule has 1 aliphatic heterocycles. The average Bonchev–Trinajstić information content (AvgIpc) is 2.76. The number of piperazine rings is 1. The Bertz CT molecular complexity index is 803. The molecule has 2 N–H and O–H groups in total. The summed E-state index contributed by atoms with van der Waals surface area (Å²) >= 11 is 0. The summed E-state index contributed by atoms with van der Waals surface area (Å²) < 4.78 is 5.68. The molecule has 2 aromatic rings. The van der Waals surface area contributed by atoms with Gasteiger partial charge in [-0.05, 0) is 48.4 Å². The molecule has 0 spiro atoms.